The van der Waals surface area contributed by atoms with Gasteiger partial charge in [-0.05, 0) is 68.0 Å². The summed E-state index contributed by atoms with van der Waals surface area (Å²) in [5, 5.41) is 0. The van der Waals surface area contributed by atoms with Crippen LogP contribution in [0.5, 0.6) is 5.75 Å². The molecule has 1 atom stereocenters. The van der Waals surface area contributed by atoms with Crippen LogP contribution in [0.3, 0.4) is 0 Å². The second-order valence-electron chi connectivity index (χ2n) is 6.64. The van der Waals surface area contributed by atoms with Crippen molar-refractivity contribution in [2.24, 2.45) is 5.73 Å². The number of nitrogens with two attached hydrogens (primary N) is 1. The number of hydrogen-bond acceptors (Lipinski definition) is 3. The van der Waals surface area contributed by atoms with Crippen LogP contribution in [0.25, 0.3) is 0 Å². The summed E-state index contributed by atoms with van der Waals surface area (Å²) in [6.07, 6.45) is 2.39. The van der Waals surface area contributed by atoms with Gasteiger partial charge in [-0.3, -0.25) is 0 Å². The molecule has 0 amide bonds. The van der Waals surface area contributed by atoms with Crippen LogP contribution in [0, 0.1) is 0 Å². The van der Waals surface area contributed by atoms with E-state index in [4.69, 9.17) is 10.5 Å². The Bertz CT molecular complexity index is 626. The first-order chi connectivity index (χ1) is 11.7. The van der Waals surface area contributed by atoms with E-state index in [1.165, 1.54) is 29.7 Å². The zero-order valence-electron chi connectivity index (χ0n) is 14.7. The van der Waals surface area contributed by atoms with Crippen LogP contribution >= 0.6 is 0 Å². The standard InChI is InChI=1S/C21H28N2O/c1-3-24-21-10-6-18(7-11-21)19-12-14-23(15-13-19)20-8-4-17(5-9-20)16(2)22/h4-11,16,19H,3,12-15,22H2,1-2H3. The summed E-state index contributed by atoms with van der Waals surface area (Å²) in [5.41, 5.74) is 9.87. The van der Waals surface area contributed by atoms with E-state index in [2.05, 4.69) is 53.4 Å². The molecule has 0 aromatic heterocycles. The lowest BCUT2D eigenvalue weighted by atomic mass is 9.89. The molecule has 0 spiro atoms. The Morgan fingerprint density at radius 3 is 2.21 bits per heavy atom. The van der Waals surface area contributed by atoms with Crippen molar-refractivity contribution in [3.63, 3.8) is 0 Å². The first-order valence-electron chi connectivity index (χ1n) is 9.00. The highest BCUT2D eigenvalue weighted by Gasteiger charge is 2.20. The van der Waals surface area contributed by atoms with Crippen molar-refractivity contribution >= 4 is 5.69 Å². The Labute approximate surface area is 145 Å². The van der Waals surface area contributed by atoms with E-state index in [1.54, 1.807) is 0 Å². The molecule has 2 aromatic rings. The van der Waals surface area contributed by atoms with Crippen LogP contribution in [0.1, 0.15) is 49.8 Å². The fourth-order valence-electron chi connectivity index (χ4n) is 3.46. The molecule has 1 aliphatic rings. The molecule has 2 aromatic carbocycles. The fraction of sp³-hybridized carbons (Fsp3) is 0.429. The largest absolute Gasteiger partial charge is 0.494 e. The molecule has 24 heavy (non-hydrogen) atoms. The van der Waals surface area contributed by atoms with E-state index in [9.17, 15) is 0 Å². The van der Waals surface area contributed by atoms with Gasteiger partial charge in [-0.1, -0.05) is 24.3 Å². The van der Waals surface area contributed by atoms with Crippen molar-refractivity contribution in [3.8, 4) is 5.75 Å². The number of benzene rings is 2. The van der Waals surface area contributed by atoms with Crippen LogP contribution < -0.4 is 15.4 Å². The smallest absolute Gasteiger partial charge is 0.119 e. The van der Waals surface area contributed by atoms with E-state index in [1.807, 2.05) is 13.8 Å². The van der Waals surface area contributed by atoms with Gasteiger partial charge in [0.25, 0.3) is 0 Å². The summed E-state index contributed by atoms with van der Waals surface area (Å²) in [4.78, 5) is 2.48. The van der Waals surface area contributed by atoms with Gasteiger partial charge in [0.2, 0.25) is 0 Å². The number of hydrogen-bond donors (Lipinski definition) is 1. The molecule has 0 saturated carbocycles. The molecule has 0 bridgehead atoms. The summed E-state index contributed by atoms with van der Waals surface area (Å²) < 4.78 is 5.53. The minimum Gasteiger partial charge on any atom is -0.494 e. The van der Waals surface area contributed by atoms with Crippen molar-refractivity contribution in [3.05, 3.63) is 59.7 Å². The third kappa shape index (κ3) is 3.90. The highest BCUT2D eigenvalue weighted by Crippen LogP contribution is 2.31. The van der Waals surface area contributed by atoms with Gasteiger partial charge in [-0.2, -0.15) is 0 Å². The second-order valence-corrected chi connectivity index (χ2v) is 6.64. The SMILES string of the molecule is CCOc1ccc(C2CCN(c3ccc(C(C)N)cc3)CC2)cc1. The Hall–Kier alpha value is -2.00. The zero-order valence-corrected chi connectivity index (χ0v) is 14.7. The molecule has 2 N–H and O–H groups in total. The molecular formula is C21H28N2O. The van der Waals surface area contributed by atoms with Gasteiger partial charge >= 0.3 is 0 Å². The van der Waals surface area contributed by atoms with Gasteiger partial charge in [0.15, 0.2) is 0 Å². The minimum atomic E-state index is 0.101. The molecule has 128 valence electrons. The molecular weight excluding hydrogens is 296 g/mol. The first kappa shape index (κ1) is 16.8. The highest BCUT2D eigenvalue weighted by molar-refractivity contribution is 5.48. The maximum atomic E-state index is 5.93. The van der Waals surface area contributed by atoms with Crippen molar-refractivity contribution in [2.45, 2.75) is 38.6 Å². The van der Waals surface area contributed by atoms with Gasteiger partial charge in [0, 0.05) is 24.8 Å². The van der Waals surface area contributed by atoms with Crippen molar-refractivity contribution in [1.29, 1.82) is 0 Å². The van der Waals surface area contributed by atoms with E-state index in [0.717, 1.165) is 25.4 Å². The summed E-state index contributed by atoms with van der Waals surface area (Å²) >= 11 is 0. The quantitative estimate of drug-likeness (QED) is 0.880. The predicted octanol–water partition coefficient (Wildman–Crippen LogP) is 4.49. The van der Waals surface area contributed by atoms with Gasteiger partial charge in [-0.15, -0.1) is 0 Å². The normalized spacial score (nSPS) is 16.9. The van der Waals surface area contributed by atoms with Crippen molar-refractivity contribution < 1.29 is 4.74 Å². The third-order valence-electron chi connectivity index (χ3n) is 4.94. The van der Waals surface area contributed by atoms with Crippen LogP contribution in [-0.4, -0.2) is 19.7 Å². The zero-order chi connectivity index (χ0) is 16.9. The Morgan fingerprint density at radius 2 is 1.67 bits per heavy atom. The molecule has 1 fully saturated rings. The van der Waals surface area contributed by atoms with Gasteiger partial charge in [0.05, 0.1) is 6.61 Å². The maximum absolute atomic E-state index is 5.93. The highest BCUT2D eigenvalue weighted by atomic mass is 16.5. The molecule has 3 nitrogen and oxygen atoms in total. The fourth-order valence-corrected chi connectivity index (χ4v) is 3.46. The Morgan fingerprint density at radius 1 is 1.04 bits per heavy atom. The number of nitrogens with zero attached hydrogens (tertiary/aromatic N) is 1. The van der Waals surface area contributed by atoms with E-state index in [-0.39, 0.29) is 6.04 Å². The monoisotopic (exact) mass is 324 g/mol. The van der Waals surface area contributed by atoms with Crippen molar-refractivity contribution in [2.75, 3.05) is 24.6 Å². The Balaban J connectivity index is 1.58. The van der Waals surface area contributed by atoms with E-state index >= 15 is 0 Å². The van der Waals surface area contributed by atoms with Crippen LogP contribution in [-0.2, 0) is 0 Å². The summed E-state index contributed by atoms with van der Waals surface area (Å²) in [6.45, 7) is 6.98. The maximum Gasteiger partial charge on any atom is 0.119 e. The molecule has 1 heterocycles. The van der Waals surface area contributed by atoms with Gasteiger partial charge in [0.1, 0.15) is 5.75 Å². The van der Waals surface area contributed by atoms with E-state index < -0.39 is 0 Å². The third-order valence-corrected chi connectivity index (χ3v) is 4.94. The molecule has 3 heteroatoms. The summed E-state index contributed by atoms with van der Waals surface area (Å²) in [7, 11) is 0. The Kier molecular flexibility index (Phi) is 5.41. The lowest BCUT2D eigenvalue weighted by molar-refractivity contribution is 0.340. The predicted molar refractivity (Wildman–Crippen MR) is 101 cm³/mol. The number of rotatable bonds is 5. The first-order valence-corrected chi connectivity index (χ1v) is 9.00. The molecule has 3 rings (SSSR count). The average Bonchev–Trinajstić information content (AvgIpc) is 2.63. The van der Waals surface area contributed by atoms with Crippen LogP contribution in [0.2, 0.25) is 0 Å². The van der Waals surface area contributed by atoms with Crippen LogP contribution in [0.15, 0.2) is 48.5 Å². The lowest BCUT2D eigenvalue weighted by Crippen LogP contribution is -2.32. The van der Waals surface area contributed by atoms with Gasteiger partial charge < -0.3 is 15.4 Å². The molecule has 0 radical (unpaired) electrons. The van der Waals surface area contributed by atoms with E-state index in [0.29, 0.717) is 5.92 Å². The topological polar surface area (TPSA) is 38.5 Å². The molecule has 1 aliphatic heterocycles. The van der Waals surface area contributed by atoms with Crippen LogP contribution in [0.4, 0.5) is 5.69 Å². The minimum absolute atomic E-state index is 0.101. The summed E-state index contributed by atoms with van der Waals surface area (Å²) in [5.74, 6) is 1.62. The summed E-state index contributed by atoms with van der Waals surface area (Å²) in [6, 6.07) is 17.5. The molecule has 1 unspecified atom stereocenters. The molecule has 1 saturated heterocycles. The lowest BCUT2D eigenvalue weighted by Gasteiger charge is -2.34. The van der Waals surface area contributed by atoms with Gasteiger partial charge in [-0.25, -0.2) is 0 Å². The van der Waals surface area contributed by atoms with Crippen molar-refractivity contribution in [1.82, 2.24) is 0 Å². The second kappa shape index (κ2) is 7.71. The average molecular weight is 324 g/mol. The molecule has 0 aliphatic carbocycles. The number of ether oxygens (including phenoxy) is 1. The number of piperidine rings is 1. The number of anilines is 1.